The molecule has 0 fully saturated rings. The van der Waals surface area contributed by atoms with E-state index in [1.807, 2.05) is 30.3 Å². The topological polar surface area (TPSA) is 38.9 Å². The van der Waals surface area contributed by atoms with E-state index in [9.17, 15) is 0 Å². The van der Waals surface area contributed by atoms with Gasteiger partial charge in [0.25, 0.3) is 0 Å². The van der Waals surface area contributed by atoms with Gasteiger partial charge in [-0.25, -0.2) is 9.97 Å². The molecule has 0 N–H and O–H groups in total. The molecule has 3 nitrogen and oxygen atoms in total. The van der Waals surface area contributed by atoms with Crippen LogP contribution in [-0.4, -0.2) is 9.97 Å². The molecule has 2 aromatic heterocycles. The van der Waals surface area contributed by atoms with E-state index in [0.717, 1.165) is 66.7 Å². The summed E-state index contributed by atoms with van der Waals surface area (Å²) < 4.78 is 6.38. The van der Waals surface area contributed by atoms with Crippen LogP contribution >= 0.6 is 0 Å². The molecule has 0 unspecified atom stereocenters. The number of hydrogen-bond donors (Lipinski definition) is 0. The van der Waals surface area contributed by atoms with Crippen molar-refractivity contribution in [2.75, 3.05) is 0 Å². The van der Waals surface area contributed by atoms with Gasteiger partial charge in [-0.1, -0.05) is 218 Å². The zero-order chi connectivity index (χ0) is 41.0. The van der Waals surface area contributed by atoms with E-state index in [2.05, 4.69) is 200 Å². The van der Waals surface area contributed by atoms with Crippen LogP contribution in [0.4, 0.5) is 0 Å². The lowest BCUT2D eigenvalue weighted by molar-refractivity contribution is 0.670. The standard InChI is InChI=1S/C59H38N2O/c1-3-16-43(17-4-1)58-60-54(38-55(61-58)42-36-32-40(33-37-42)46-24-15-25-50-49-23-10-14-29-56(49)62-57(46)50)41-34-30-39(31-35-41)45-20-7-11-26-51(45)59(44-18-5-2-6-19-44)52-27-12-8-21-47(52)48-22-9-13-28-53(48)59/h1-38H. The summed E-state index contributed by atoms with van der Waals surface area (Å²) in [6.45, 7) is 0. The molecule has 2 heterocycles. The van der Waals surface area contributed by atoms with E-state index in [4.69, 9.17) is 14.4 Å². The summed E-state index contributed by atoms with van der Waals surface area (Å²) in [4.78, 5) is 10.3. The van der Waals surface area contributed by atoms with E-state index in [1.165, 1.54) is 38.9 Å². The molecule has 62 heavy (non-hydrogen) atoms. The summed E-state index contributed by atoms with van der Waals surface area (Å²) in [7, 11) is 0. The highest BCUT2D eigenvalue weighted by atomic mass is 16.3. The van der Waals surface area contributed by atoms with E-state index in [1.54, 1.807) is 0 Å². The van der Waals surface area contributed by atoms with E-state index in [0.29, 0.717) is 5.82 Å². The van der Waals surface area contributed by atoms with Gasteiger partial charge in [0.2, 0.25) is 0 Å². The van der Waals surface area contributed by atoms with Crippen LogP contribution in [0.15, 0.2) is 235 Å². The third-order valence-electron chi connectivity index (χ3n) is 12.6. The van der Waals surface area contributed by atoms with Gasteiger partial charge in [-0.2, -0.15) is 0 Å². The zero-order valence-electron chi connectivity index (χ0n) is 33.7. The summed E-state index contributed by atoms with van der Waals surface area (Å²) in [6.07, 6.45) is 0. The fourth-order valence-electron chi connectivity index (χ4n) is 9.82. The van der Waals surface area contributed by atoms with Crippen LogP contribution in [0.1, 0.15) is 22.3 Å². The Hall–Kier alpha value is -8.14. The van der Waals surface area contributed by atoms with Gasteiger partial charge in [0.15, 0.2) is 5.82 Å². The second-order valence-corrected chi connectivity index (χ2v) is 16.0. The van der Waals surface area contributed by atoms with Crippen molar-refractivity contribution >= 4 is 21.9 Å². The van der Waals surface area contributed by atoms with Gasteiger partial charge in [-0.15, -0.1) is 0 Å². The second-order valence-electron chi connectivity index (χ2n) is 16.0. The van der Waals surface area contributed by atoms with Crippen LogP contribution < -0.4 is 0 Å². The van der Waals surface area contributed by atoms with Gasteiger partial charge < -0.3 is 4.42 Å². The molecular weight excluding hydrogens is 753 g/mol. The Morgan fingerprint density at radius 2 is 0.774 bits per heavy atom. The number of benzene rings is 9. The lowest BCUT2D eigenvalue weighted by Crippen LogP contribution is -2.29. The van der Waals surface area contributed by atoms with Crippen LogP contribution in [0.5, 0.6) is 0 Å². The van der Waals surface area contributed by atoms with Crippen molar-refractivity contribution < 1.29 is 4.42 Å². The number of aromatic nitrogens is 2. The SMILES string of the molecule is c1ccc(-c2nc(-c3ccc(-c4ccccc4C4(c5ccccc5)c5ccccc5-c5ccccc54)cc3)cc(-c3ccc(-c4cccc5c4oc4ccccc45)cc3)n2)cc1. The largest absolute Gasteiger partial charge is 0.455 e. The van der Waals surface area contributed by atoms with Gasteiger partial charge in [0, 0.05) is 33.0 Å². The van der Waals surface area contributed by atoms with Crippen LogP contribution in [0.2, 0.25) is 0 Å². The van der Waals surface area contributed by atoms with Crippen LogP contribution in [-0.2, 0) is 5.41 Å². The van der Waals surface area contributed by atoms with Crippen LogP contribution in [0.25, 0.3) is 89.2 Å². The average molecular weight is 791 g/mol. The van der Waals surface area contributed by atoms with Crippen LogP contribution in [0, 0.1) is 0 Å². The summed E-state index contributed by atoms with van der Waals surface area (Å²) in [6, 6.07) is 82.2. The van der Waals surface area contributed by atoms with Gasteiger partial charge in [-0.3, -0.25) is 0 Å². The number of hydrogen-bond acceptors (Lipinski definition) is 3. The molecule has 0 saturated heterocycles. The summed E-state index contributed by atoms with van der Waals surface area (Å²) >= 11 is 0. The number of furan rings is 1. The first-order valence-electron chi connectivity index (χ1n) is 21.1. The predicted octanol–water partition coefficient (Wildman–Crippen LogP) is 15.1. The fraction of sp³-hybridized carbons (Fsp3) is 0.0169. The summed E-state index contributed by atoms with van der Waals surface area (Å²) in [5.74, 6) is 0.687. The Balaban J connectivity index is 0.955. The maximum absolute atomic E-state index is 6.38. The Kier molecular flexibility index (Phi) is 8.39. The minimum Gasteiger partial charge on any atom is -0.455 e. The van der Waals surface area contributed by atoms with Crippen LogP contribution in [0.3, 0.4) is 0 Å². The minimum absolute atomic E-state index is 0.496. The molecule has 0 spiro atoms. The lowest BCUT2D eigenvalue weighted by Gasteiger charge is -2.35. The first kappa shape index (κ1) is 35.8. The average Bonchev–Trinajstić information content (AvgIpc) is 3.89. The normalized spacial score (nSPS) is 12.6. The number of para-hydroxylation sites is 2. The minimum atomic E-state index is -0.496. The molecule has 11 aromatic rings. The van der Waals surface area contributed by atoms with Gasteiger partial charge in [0.1, 0.15) is 11.2 Å². The summed E-state index contributed by atoms with van der Waals surface area (Å²) in [5, 5.41) is 2.25. The van der Waals surface area contributed by atoms with Crippen molar-refractivity contribution in [2.45, 2.75) is 5.41 Å². The Morgan fingerprint density at radius 1 is 0.323 bits per heavy atom. The molecule has 1 aliphatic rings. The molecule has 0 saturated carbocycles. The second kappa shape index (κ2) is 14.5. The quantitative estimate of drug-likeness (QED) is 0.161. The van der Waals surface area contributed by atoms with Crippen molar-refractivity contribution in [1.29, 1.82) is 0 Å². The first-order valence-corrected chi connectivity index (χ1v) is 21.1. The molecule has 0 atom stereocenters. The highest BCUT2D eigenvalue weighted by molar-refractivity contribution is 6.09. The molecular formula is C59H38N2O. The molecule has 0 amide bonds. The Bertz CT molecular complexity index is 3400. The highest BCUT2D eigenvalue weighted by Crippen LogP contribution is 2.57. The maximum Gasteiger partial charge on any atom is 0.160 e. The van der Waals surface area contributed by atoms with Crippen molar-refractivity contribution in [2.24, 2.45) is 0 Å². The smallest absolute Gasteiger partial charge is 0.160 e. The molecule has 9 aromatic carbocycles. The van der Waals surface area contributed by atoms with E-state index in [-0.39, 0.29) is 0 Å². The third-order valence-corrected chi connectivity index (χ3v) is 12.6. The molecule has 0 aliphatic heterocycles. The molecule has 0 radical (unpaired) electrons. The van der Waals surface area contributed by atoms with E-state index < -0.39 is 5.41 Å². The number of rotatable bonds is 7. The molecule has 3 heteroatoms. The zero-order valence-corrected chi connectivity index (χ0v) is 33.7. The first-order chi connectivity index (χ1) is 30.7. The van der Waals surface area contributed by atoms with Crippen molar-refractivity contribution in [1.82, 2.24) is 9.97 Å². The fourth-order valence-corrected chi connectivity index (χ4v) is 9.82. The monoisotopic (exact) mass is 790 g/mol. The Morgan fingerprint density at radius 3 is 1.40 bits per heavy atom. The molecule has 0 bridgehead atoms. The Labute approximate surface area is 360 Å². The van der Waals surface area contributed by atoms with Gasteiger partial charge in [-0.05, 0) is 62.2 Å². The van der Waals surface area contributed by atoms with E-state index >= 15 is 0 Å². The van der Waals surface area contributed by atoms with Crippen molar-refractivity contribution in [3.05, 3.63) is 253 Å². The maximum atomic E-state index is 6.38. The summed E-state index contributed by atoms with van der Waals surface area (Å²) in [5.41, 5.74) is 18.2. The predicted molar refractivity (Wildman–Crippen MR) is 254 cm³/mol. The lowest BCUT2D eigenvalue weighted by atomic mass is 9.66. The number of fused-ring (bicyclic) bond motifs is 6. The molecule has 12 rings (SSSR count). The highest BCUT2D eigenvalue weighted by Gasteiger charge is 2.46. The van der Waals surface area contributed by atoms with Gasteiger partial charge >= 0.3 is 0 Å². The van der Waals surface area contributed by atoms with Crippen molar-refractivity contribution in [3.8, 4) is 67.3 Å². The van der Waals surface area contributed by atoms with Crippen molar-refractivity contribution in [3.63, 3.8) is 0 Å². The number of nitrogens with zero attached hydrogens (tertiary/aromatic N) is 2. The third kappa shape index (κ3) is 5.67. The molecule has 1 aliphatic carbocycles. The molecule has 290 valence electrons. The van der Waals surface area contributed by atoms with Gasteiger partial charge in [0.05, 0.1) is 16.8 Å².